The van der Waals surface area contributed by atoms with Gasteiger partial charge in [0.05, 0.1) is 5.56 Å². The van der Waals surface area contributed by atoms with Crippen molar-refractivity contribution in [2.24, 2.45) is 0 Å². The highest BCUT2D eigenvalue weighted by molar-refractivity contribution is 5.94. The number of rotatable bonds is 4. The van der Waals surface area contributed by atoms with Crippen molar-refractivity contribution < 1.29 is 19.1 Å². The summed E-state index contributed by atoms with van der Waals surface area (Å²) in [5.74, 6) is -0.291. The summed E-state index contributed by atoms with van der Waals surface area (Å²) in [6.07, 6.45) is 1.31. The van der Waals surface area contributed by atoms with E-state index in [1.165, 1.54) is 18.3 Å². The molecular formula is C27H17NO4. The van der Waals surface area contributed by atoms with Crippen molar-refractivity contribution in [3.8, 4) is 11.5 Å². The van der Waals surface area contributed by atoms with Gasteiger partial charge < -0.3 is 9.47 Å². The standard InChI is InChI=1S/C27H17NO4/c29-26(31-23-12-9-18-5-1-3-7-20(18)15-23)22-11-14-25(28-17-22)27(30)32-24-13-10-19-6-2-4-8-21(19)16-24/h1-17H. The zero-order valence-corrected chi connectivity index (χ0v) is 16.9. The van der Waals surface area contributed by atoms with Crippen LogP contribution in [0.1, 0.15) is 20.8 Å². The molecule has 0 radical (unpaired) electrons. The van der Waals surface area contributed by atoms with Gasteiger partial charge in [-0.3, -0.25) is 0 Å². The van der Waals surface area contributed by atoms with E-state index in [0.29, 0.717) is 11.5 Å². The zero-order chi connectivity index (χ0) is 21.9. The van der Waals surface area contributed by atoms with Gasteiger partial charge in [0.25, 0.3) is 0 Å². The summed E-state index contributed by atoms with van der Waals surface area (Å²) in [6, 6.07) is 29.4. The fraction of sp³-hybridized carbons (Fsp3) is 0. The number of hydrogen-bond acceptors (Lipinski definition) is 5. The lowest BCUT2D eigenvalue weighted by molar-refractivity contribution is 0.0715. The summed E-state index contributed by atoms with van der Waals surface area (Å²) in [5.41, 5.74) is 0.334. The van der Waals surface area contributed by atoms with Gasteiger partial charge in [0.1, 0.15) is 17.2 Å². The molecule has 0 spiro atoms. The van der Waals surface area contributed by atoms with Crippen LogP contribution in [0, 0.1) is 0 Å². The number of nitrogens with zero attached hydrogens (tertiary/aromatic N) is 1. The Morgan fingerprint density at radius 1 is 0.562 bits per heavy atom. The highest BCUT2D eigenvalue weighted by Crippen LogP contribution is 2.23. The van der Waals surface area contributed by atoms with Crippen molar-refractivity contribution in [2.75, 3.05) is 0 Å². The van der Waals surface area contributed by atoms with Crippen molar-refractivity contribution in [2.45, 2.75) is 0 Å². The predicted octanol–water partition coefficient (Wildman–Crippen LogP) is 5.83. The Bertz CT molecular complexity index is 1350. The second-order valence-electron chi connectivity index (χ2n) is 7.23. The topological polar surface area (TPSA) is 65.5 Å². The van der Waals surface area contributed by atoms with Crippen LogP contribution in [0.2, 0.25) is 0 Å². The van der Waals surface area contributed by atoms with Gasteiger partial charge in [-0.25, -0.2) is 14.6 Å². The molecule has 0 unspecified atom stereocenters. The van der Waals surface area contributed by atoms with Crippen LogP contribution >= 0.6 is 0 Å². The maximum Gasteiger partial charge on any atom is 0.362 e. The average Bonchev–Trinajstić information content (AvgIpc) is 2.84. The normalized spacial score (nSPS) is 10.8. The number of esters is 2. The molecule has 0 saturated heterocycles. The SMILES string of the molecule is O=C(Oc1ccc2ccccc2c1)c1ccc(C(=O)Oc2ccc3ccccc3c2)nc1. The van der Waals surface area contributed by atoms with E-state index < -0.39 is 11.9 Å². The molecule has 1 heterocycles. The first-order valence-corrected chi connectivity index (χ1v) is 10.0. The monoisotopic (exact) mass is 419 g/mol. The van der Waals surface area contributed by atoms with E-state index in [9.17, 15) is 9.59 Å². The smallest absolute Gasteiger partial charge is 0.362 e. The molecule has 0 saturated carbocycles. The lowest BCUT2D eigenvalue weighted by atomic mass is 10.1. The van der Waals surface area contributed by atoms with Crippen LogP contribution in [-0.2, 0) is 0 Å². The van der Waals surface area contributed by atoms with E-state index in [4.69, 9.17) is 9.47 Å². The largest absolute Gasteiger partial charge is 0.423 e. The molecule has 32 heavy (non-hydrogen) atoms. The number of ether oxygens (including phenoxy) is 2. The lowest BCUT2D eigenvalue weighted by Crippen LogP contribution is -2.13. The Kier molecular flexibility index (Phi) is 5.06. The Hall–Kier alpha value is -4.51. The molecule has 0 amide bonds. The molecule has 4 aromatic carbocycles. The maximum atomic E-state index is 12.5. The number of pyridine rings is 1. The van der Waals surface area contributed by atoms with Gasteiger partial charge in [0, 0.05) is 6.20 Å². The highest BCUT2D eigenvalue weighted by Gasteiger charge is 2.14. The van der Waals surface area contributed by atoms with Gasteiger partial charge in [-0.15, -0.1) is 0 Å². The Balaban J connectivity index is 1.27. The van der Waals surface area contributed by atoms with Crippen LogP contribution in [-0.4, -0.2) is 16.9 Å². The third-order valence-corrected chi connectivity index (χ3v) is 5.07. The molecule has 0 N–H and O–H groups in total. The van der Waals surface area contributed by atoms with Crippen LogP contribution in [0.3, 0.4) is 0 Å². The fourth-order valence-corrected chi connectivity index (χ4v) is 3.42. The highest BCUT2D eigenvalue weighted by atomic mass is 16.5. The molecule has 5 heteroatoms. The second-order valence-corrected chi connectivity index (χ2v) is 7.23. The van der Waals surface area contributed by atoms with Gasteiger partial charge in [-0.2, -0.15) is 0 Å². The van der Waals surface area contributed by atoms with E-state index >= 15 is 0 Å². The number of carbonyl (C=O) groups excluding carboxylic acids is 2. The van der Waals surface area contributed by atoms with Crippen LogP contribution in [0.4, 0.5) is 0 Å². The number of fused-ring (bicyclic) bond motifs is 2. The summed E-state index contributed by atoms with van der Waals surface area (Å²) in [5, 5.41) is 4.06. The van der Waals surface area contributed by atoms with E-state index in [0.717, 1.165) is 21.5 Å². The summed E-state index contributed by atoms with van der Waals surface area (Å²) in [7, 11) is 0. The van der Waals surface area contributed by atoms with E-state index in [1.807, 2.05) is 60.7 Å². The summed E-state index contributed by atoms with van der Waals surface area (Å²) >= 11 is 0. The van der Waals surface area contributed by atoms with Gasteiger partial charge in [-0.05, 0) is 57.9 Å². The molecule has 5 aromatic rings. The molecule has 154 valence electrons. The first-order valence-electron chi connectivity index (χ1n) is 10.0. The van der Waals surface area contributed by atoms with Gasteiger partial charge in [0.15, 0.2) is 0 Å². The zero-order valence-electron chi connectivity index (χ0n) is 16.9. The minimum Gasteiger partial charge on any atom is -0.423 e. The number of benzene rings is 4. The van der Waals surface area contributed by atoms with Crippen LogP contribution in [0.5, 0.6) is 11.5 Å². The van der Waals surface area contributed by atoms with E-state index in [2.05, 4.69) is 4.98 Å². The number of aromatic nitrogens is 1. The molecule has 0 aliphatic heterocycles. The average molecular weight is 419 g/mol. The third-order valence-electron chi connectivity index (χ3n) is 5.07. The number of carbonyl (C=O) groups is 2. The van der Waals surface area contributed by atoms with Crippen molar-refractivity contribution in [3.63, 3.8) is 0 Å². The van der Waals surface area contributed by atoms with Crippen molar-refractivity contribution >= 4 is 33.5 Å². The molecular weight excluding hydrogens is 402 g/mol. The van der Waals surface area contributed by atoms with Crippen LogP contribution in [0.25, 0.3) is 21.5 Å². The minimum atomic E-state index is -0.602. The van der Waals surface area contributed by atoms with Gasteiger partial charge in [-0.1, -0.05) is 60.7 Å². The first-order chi connectivity index (χ1) is 15.7. The van der Waals surface area contributed by atoms with Crippen molar-refractivity contribution in [1.29, 1.82) is 0 Å². The van der Waals surface area contributed by atoms with Crippen molar-refractivity contribution in [1.82, 2.24) is 4.98 Å². The Morgan fingerprint density at radius 3 is 1.62 bits per heavy atom. The minimum absolute atomic E-state index is 0.0976. The summed E-state index contributed by atoms with van der Waals surface area (Å²) in [4.78, 5) is 29.0. The van der Waals surface area contributed by atoms with Crippen molar-refractivity contribution in [3.05, 3.63) is 115 Å². The lowest BCUT2D eigenvalue weighted by Gasteiger charge is -2.07. The fourth-order valence-electron chi connectivity index (χ4n) is 3.42. The molecule has 0 fully saturated rings. The summed E-state index contributed by atoms with van der Waals surface area (Å²) in [6.45, 7) is 0. The molecule has 0 aliphatic rings. The molecule has 5 nitrogen and oxygen atoms in total. The second kappa shape index (κ2) is 8.32. The maximum absolute atomic E-state index is 12.5. The molecule has 0 atom stereocenters. The van der Waals surface area contributed by atoms with Crippen LogP contribution in [0.15, 0.2) is 103 Å². The Morgan fingerprint density at radius 2 is 1.09 bits per heavy atom. The van der Waals surface area contributed by atoms with Gasteiger partial charge in [0.2, 0.25) is 0 Å². The third kappa shape index (κ3) is 4.04. The van der Waals surface area contributed by atoms with E-state index in [-0.39, 0.29) is 11.3 Å². The molecule has 0 bridgehead atoms. The number of hydrogen-bond donors (Lipinski definition) is 0. The van der Waals surface area contributed by atoms with E-state index in [1.54, 1.807) is 24.3 Å². The first kappa shape index (κ1) is 19.5. The predicted molar refractivity (Wildman–Crippen MR) is 122 cm³/mol. The van der Waals surface area contributed by atoms with Crippen LogP contribution < -0.4 is 9.47 Å². The summed E-state index contributed by atoms with van der Waals surface area (Å²) < 4.78 is 10.9. The molecule has 1 aromatic heterocycles. The molecule has 5 rings (SSSR count). The Labute approximate surface area is 183 Å². The molecule has 0 aliphatic carbocycles. The quantitative estimate of drug-likeness (QED) is 0.271. The van der Waals surface area contributed by atoms with Gasteiger partial charge >= 0.3 is 11.9 Å².